The number of para-hydroxylation sites is 1. The molecule has 1 fully saturated rings. The summed E-state index contributed by atoms with van der Waals surface area (Å²) in [5.41, 5.74) is 2.70. The molecule has 2 unspecified atom stereocenters. The summed E-state index contributed by atoms with van der Waals surface area (Å²) >= 11 is 1.63. The van der Waals surface area contributed by atoms with Crippen molar-refractivity contribution in [1.29, 1.82) is 0 Å². The molecule has 0 spiro atoms. The molecule has 1 saturated heterocycles. The zero-order valence-corrected chi connectivity index (χ0v) is 16.9. The van der Waals surface area contributed by atoms with Crippen LogP contribution in [0.3, 0.4) is 0 Å². The lowest BCUT2D eigenvalue weighted by molar-refractivity contribution is -0.127. The second-order valence-electron chi connectivity index (χ2n) is 7.53. The van der Waals surface area contributed by atoms with Gasteiger partial charge in [-0.05, 0) is 31.2 Å². The van der Waals surface area contributed by atoms with Gasteiger partial charge in [0.25, 0.3) is 0 Å². The van der Waals surface area contributed by atoms with E-state index in [1.54, 1.807) is 16.2 Å². The molecular weight excluding hydrogens is 386 g/mol. The van der Waals surface area contributed by atoms with Gasteiger partial charge in [0.15, 0.2) is 0 Å². The zero-order chi connectivity index (χ0) is 20.0. The van der Waals surface area contributed by atoms with Crippen LogP contribution in [0.2, 0.25) is 0 Å². The van der Waals surface area contributed by atoms with Gasteiger partial charge in [-0.25, -0.2) is 4.98 Å². The number of anilines is 1. The number of nitrogens with one attached hydrogen (secondary N) is 1. The number of benzene rings is 2. The highest BCUT2D eigenvalue weighted by molar-refractivity contribution is 7.18. The number of aryl methyl sites for hydroxylation is 1. The summed E-state index contributed by atoms with van der Waals surface area (Å²) in [5, 5.41) is 4.13. The van der Waals surface area contributed by atoms with E-state index in [1.165, 1.54) is 0 Å². The van der Waals surface area contributed by atoms with Gasteiger partial charge >= 0.3 is 0 Å². The summed E-state index contributed by atoms with van der Waals surface area (Å²) in [4.78, 5) is 31.8. The van der Waals surface area contributed by atoms with E-state index in [0.29, 0.717) is 13.2 Å². The molecule has 5 rings (SSSR count). The Hall–Kier alpha value is -2.93. The number of nitrogens with zero attached hydrogens (tertiary/aromatic N) is 2. The van der Waals surface area contributed by atoms with E-state index in [0.717, 1.165) is 38.6 Å². The van der Waals surface area contributed by atoms with Crippen molar-refractivity contribution in [3.05, 3.63) is 53.0 Å². The summed E-state index contributed by atoms with van der Waals surface area (Å²) in [7, 11) is 0. The van der Waals surface area contributed by atoms with Crippen molar-refractivity contribution in [3.8, 4) is 5.75 Å². The van der Waals surface area contributed by atoms with Crippen molar-refractivity contribution in [1.82, 2.24) is 10.3 Å². The monoisotopic (exact) mass is 407 g/mol. The van der Waals surface area contributed by atoms with Gasteiger partial charge in [0.1, 0.15) is 5.75 Å². The van der Waals surface area contributed by atoms with Crippen molar-refractivity contribution in [2.75, 3.05) is 18.1 Å². The summed E-state index contributed by atoms with van der Waals surface area (Å²) < 4.78 is 6.77. The van der Waals surface area contributed by atoms with Crippen LogP contribution in [0.1, 0.15) is 29.5 Å². The van der Waals surface area contributed by atoms with Crippen LogP contribution in [-0.4, -0.2) is 29.9 Å². The second kappa shape index (κ2) is 7.15. The fourth-order valence-electron chi connectivity index (χ4n) is 4.11. The molecule has 0 radical (unpaired) electrons. The SMILES string of the molecule is Cc1nc2cc(N3CC(C(=O)NC4CCOc5ccccc54)CC3=O)ccc2s1. The van der Waals surface area contributed by atoms with Crippen LogP contribution in [0.15, 0.2) is 42.5 Å². The van der Waals surface area contributed by atoms with E-state index in [1.807, 2.05) is 49.4 Å². The first-order valence-electron chi connectivity index (χ1n) is 9.78. The minimum Gasteiger partial charge on any atom is -0.493 e. The predicted molar refractivity (Wildman–Crippen MR) is 112 cm³/mol. The van der Waals surface area contributed by atoms with Crippen molar-refractivity contribution in [2.24, 2.45) is 5.92 Å². The Balaban J connectivity index is 1.31. The van der Waals surface area contributed by atoms with Crippen LogP contribution in [0.25, 0.3) is 10.2 Å². The minimum absolute atomic E-state index is 0.0242. The molecule has 6 nitrogen and oxygen atoms in total. The van der Waals surface area contributed by atoms with Crippen LogP contribution < -0.4 is 15.0 Å². The van der Waals surface area contributed by atoms with Crippen LogP contribution in [0.5, 0.6) is 5.75 Å². The Bertz CT molecular complexity index is 1110. The molecule has 2 aromatic carbocycles. The number of hydrogen-bond donors (Lipinski definition) is 1. The molecule has 2 aliphatic rings. The first kappa shape index (κ1) is 18.1. The first-order valence-corrected chi connectivity index (χ1v) is 10.6. The minimum atomic E-state index is -0.356. The van der Waals surface area contributed by atoms with Crippen molar-refractivity contribution in [3.63, 3.8) is 0 Å². The van der Waals surface area contributed by atoms with Gasteiger partial charge in [0.05, 0.1) is 33.8 Å². The number of carbonyl (C=O) groups is 2. The number of carbonyl (C=O) groups excluding carboxylic acids is 2. The number of fused-ring (bicyclic) bond motifs is 2. The Kier molecular flexibility index (Phi) is 4.47. The third-order valence-corrected chi connectivity index (χ3v) is 6.51. The van der Waals surface area contributed by atoms with Gasteiger partial charge in [-0.2, -0.15) is 0 Å². The van der Waals surface area contributed by atoms with E-state index in [9.17, 15) is 9.59 Å². The Morgan fingerprint density at radius 3 is 3.03 bits per heavy atom. The molecule has 148 valence electrons. The van der Waals surface area contributed by atoms with E-state index in [4.69, 9.17) is 4.74 Å². The third-order valence-electron chi connectivity index (χ3n) is 5.56. The van der Waals surface area contributed by atoms with E-state index in [-0.39, 0.29) is 30.2 Å². The Morgan fingerprint density at radius 2 is 2.14 bits per heavy atom. The summed E-state index contributed by atoms with van der Waals surface area (Å²) in [6.45, 7) is 2.94. The highest BCUT2D eigenvalue weighted by atomic mass is 32.1. The number of amides is 2. The predicted octanol–water partition coefficient (Wildman–Crippen LogP) is 3.60. The standard InChI is InChI=1S/C22H21N3O3S/c1-13-23-18-11-15(6-7-20(18)29-13)25-12-14(10-21(25)26)22(27)24-17-8-9-28-19-5-3-2-4-16(17)19/h2-7,11,14,17H,8-10,12H2,1H3,(H,24,27). The van der Waals surface area contributed by atoms with Gasteiger partial charge in [-0.3, -0.25) is 9.59 Å². The normalized spacial score (nSPS) is 21.1. The second-order valence-corrected chi connectivity index (χ2v) is 8.76. The smallest absolute Gasteiger partial charge is 0.227 e. The molecule has 0 bridgehead atoms. The van der Waals surface area contributed by atoms with Crippen LogP contribution in [0, 0.1) is 12.8 Å². The van der Waals surface area contributed by atoms with Gasteiger partial charge in [0, 0.05) is 30.6 Å². The molecule has 2 amide bonds. The molecule has 3 aromatic rings. The van der Waals surface area contributed by atoms with Crippen molar-refractivity contribution < 1.29 is 14.3 Å². The maximum Gasteiger partial charge on any atom is 0.227 e. The average Bonchev–Trinajstić information content (AvgIpc) is 3.29. The third kappa shape index (κ3) is 3.35. The van der Waals surface area contributed by atoms with Crippen LogP contribution in [0.4, 0.5) is 5.69 Å². The molecule has 1 N–H and O–H groups in total. The van der Waals surface area contributed by atoms with Crippen molar-refractivity contribution >= 4 is 39.1 Å². The first-order chi connectivity index (χ1) is 14.1. The average molecular weight is 407 g/mol. The highest BCUT2D eigenvalue weighted by Crippen LogP contribution is 2.33. The van der Waals surface area contributed by atoms with E-state index >= 15 is 0 Å². The van der Waals surface area contributed by atoms with Crippen LogP contribution in [-0.2, 0) is 9.59 Å². The molecule has 0 saturated carbocycles. The van der Waals surface area contributed by atoms with Gasteiger partial charge < -0.3 is 15.0 Å². The molecule has 1 aromatic heterocycles. The number of thiazole rings is 1. The summed E-state index contributed by atoms with van der Waals surface area (Å²) in [6.07, 6.45) is 0.956. The van der Waals surface area contributed by atoms with E-state index in [2.05, 4.69) is 10.3 Å². The van der Waals surface area contributed by atoms with Gasteiger partial charge in [0.2, 0.25) is 11.8 Å². The molecule has 29 heavy (non-hydrogen) atoms. The number of ether oxygens (including phenoxy) is 1. The molecule has 7 heteroatoms. The molecule has 3 heterocycles. The van der Waals surface area contributed by atoms with Gasteiger partial charge in [-0.1, -0.05) is 18.2 Å². The lowest BCUT2D eigenvalue weighted by Gasteiger charge is -2.27. The topological polar surface area (TPSA) is 71.5 Å². The molecule has 0 aliphatic carbocycles. The number of hydrogen-bond acceptors (Lipinski definition) is 5. The maximum atomic E-state index is 12.9. The molecular formula is C22H21N3O3S. The molecule has 2 aliphatic heterocycles. The molecule has 2 atom stereocenters. The summed E-state index contributed by atoms with van der Waals surface area (Å²) in [5.74, 6) is 0.363. The van der Waals surface area contributed by atoms with Crippen LogP contribution >= 0.6 is 11.3 Å². The maximum absolute atomic E-state index is 12.9. The van der Waals surface area contributed by atoms with Crippen molar-refractivity contribution in [2.45, 2.75) is 25.8 Å². The lowest BCUT2D eigenvalue weighted by atomic mass is 9.99. The number of aromatic nitrogens is 1. The fourth-order valence-corrected chi connectivity index (χ4v) is 4.92. The Morgan fingerprint density at radius 1 is 1.28 bits per heavy atom. The zero-order valence-electron chi connectivity index (χ0n) is 16.1. The quantitative estimate of drug-likeness (QED) is 0.720. The van der Waals surface area contributed by atoms with E-state index < -0.39 is 0 Å². The lowest BCUT2D eigenvalue weighted by Crippen LogP contribution is -2.37. The number of rotatable bonds is 3. The largest absolute Gasteiger partial charge is 0.493 e. The van der Waals surface area contributed by atoms with Gasteiger partial charge in [-0.15, -0.1) is 11.3 Å². The summed E-state index contributed by atoms with van der Waals surface area (Å²) in [6, 6.07) is 13.6. The Labute approximate surface area is 172 Å². The highest BCUT2D eigenvalue weighted by Gasteiger charge is 2.36. The fraction of sp³-hybridized carbons (Fsp3) is 0.318.